The summed E-state index contributed by atoms with van der Waals surface area (Å²) in [6, 6.07) is 2.47. The van der Waals surface area contributed by atoms with E-state index in [1.807, 2.05) is 6.07 Å². The van der Waals surface area contributed by atoms with Gasteiger partial charge in [-0.1, -0.05) is 0 Å². The van der Waals surface area contributed by atoms with Gasteiger partial charge in [0.1, 0.15) is 5.82 Å². The normalized spacial score (nSPS) is 21.2. The van der Waals surface area contributed by atoms with Gasteiger partial charge in [-0.25, -0.2) is 4.98 Å². The number of hydrogen-bond donors (Lipinski definition) is 1. The standard InChI is InChI=1S/C12H17BrN2O/c1-9-4-2-3-5-15(9)12-10(8-16)6-11(13)7-14-12/h6-7,9,16H,2-5,8H2,1H3. The minimum Gasteiger partial charge on any atom is -0.392 e. The Morgan fingerprint density at radius 2 is 2.38 bits per heavy atom. The highest BCUT2D eigenvalue weighted by Gasteiger charge is 2.21. The first-order valence-corrected chi connectivity index (χ1v) is 6.53. The molecule has 1 saturated heterocycles. The fourth-order valence-electron chi connectivity index (χ4n) is 2.26. The van der Waals surface area contributed by atoms with Gasteiger partial charge in [0.25, 0.3) is 0 Å². The lowest BCUT2D eigenvalue weighted by Crippen LogP contribution is -2.38. The highest BCUT2D eigenvalue weighted by molar-refractivity contribution is 9.10. The zero-order chi connectivity index (χ0) is 11.5. The fraction of sp³-hybridized carbons (Fsp3) is 0.583. The van der Waals surface area contributed by atoms with Crippen molar-refractivity contribution in [1.29, 1.82) is 0 Å². The number of aliphatic hydroxyl groups is 1. The summed E-state index contributed by atoms with van der Waals surface area (Å²) in [5.74, 6) is 0.943. The van der Waals surface area contributed by atoms with Crippen molar-refractivity contribution >= 4 is 21.7 Å². The van der Waals surface area contributed by atoms with Gasteiger partial charge in [0, 0.05) is 28.8 Å². The lowest BCUT2D eigenvalue weighted by Gasteiger charge is -2.35. The molecular formula is C12H17BrN2O. The maximum Gasteiger partial charge on any atom is 0.134 e. The molecule has 0 saturated carbocycles. The Balaban J connectivity index is 2.30. The van der Waals surface area contributed by atoms with E-state index in [4.69, 9.17) is 0 Å². The molecule has 4 heteroatoms. The van der Waals surface area contributed by atoms with Crippen molar-refractivity contribution in [2.45, 2.75) is 38.8 Å². The number of hydrogen-bond acceptors (Lipinski definition) is 3. The van der Waals surface area contributed by atoms with Gasteiger partial charge in [-0.2, -0.15) is 0 Å². The molecule has 1 aromatic heterocycles. The summed E-state index contributed by atoms with van der Waals surface area (Å²) in [6.07, 6.45) is 5.52. The topological polar surface area (TPSA) is 36.4 Å². The number of aliphatic hydroxyl groups excluding tert-OH is 1. The summed E-state index contributed by atoms with van der Waals surface area (Å²) in [5.41, 5.74) is 0.906. The van der Waals surface area contributed by atoms with Crippen molar-refractivity contribution in [3.05, 3.63) is 22.3 Å². The number of aromatic nitrogens is 1. The first-order valence-electron chi connectivity index (χ1n) is 5.74. The molecule has 1 atom stereocenters. The van der Waals surface area contributed by atoms with Crippen LogP contribution in [0.4, 0.5) is 5.82 Å². The van der Waals surface area contributed by atoms with Gasteiger partial charge in [-0.05, 0) is 48.2 Å². The number of rotatable bonds is 2. The van der Waals surface area contributed by atoms with Gasteiger partial charge in [0.2, 0.25) is 0 Å². The zero-order valence-electron chi connectivity index (χ0n) is 9.49. The quantitative estimate of drug-likeness (QED) is 0.907. The Bertz CT molecular complexity index is 370. The molecule has 16 heavy (non-hydrogen) atoms. The van der Waals surface area contributed by atoms with Crippen LogP contribution in [0.25, 0.3) is 0 Å². The van der Waals surface area contributed by atoms with Gasteiger partial charge in [0.15, 0.2) is 0 Å². The van der Waals surface area contributed by atoms with Crippen LogP contribution in [0.15, 0.2) is 16.7 Å². The summed E-state index contributed by atoms with van der Waals surface area (Å²) in [4.78, 5) is 6.75. The molecule has 0 amide bonds. The van der Waals surface area contributed by atoms with Crippen LogP contribution in [0.2, 0.25) is 0 Å². The molecule has 1 aliphatic heterocycles. The van der Waals surface area contributed by atoms with E-state index >= 15 is 0 Å². The van der Waals surface area contributed by atoms with Crippen molar-refractivity contribution in [3.63, 3.8) is 0 Å². The third-order valence-electron chi connectivity index (χ3n) is 3.15. The second-order valence-electron chi connectivity index (χ2n) is 4.33. The highest BCUT2D eigenvalue weighted by atomic mass is 79.9. The average molecular weight is 285 g/mol. The van der Waals surface area contributed by atoms with Gasteiger partial charge in [0.05, 0.1) is 6.61 Å². The molecule has 1 unspecified atom stereocenters. The largest absolute Gasteiger partial charge is 0.392 e. The molecule has 0 radical (unpaired) electrons. The monoisotopic (exact) mass is 284 g/mol. The Morgan fingerprint density at radius 1 is 1.56 bits per heavy atom. The van der Waals surface area contributed by atoms with Crippen LogP contribution < -0.4 is 4.90 Å². The lowest BCUT2D eigenvalue weighted by atomic mass is 10.0. The Labute approximate surface area is 105 Å². The van der Waals surface area contributed by atoms with Crippen molar-refractivity contribution < 1.29 is 5.11 Å². The predicted octanol–water partition coefficient (Wildman–Crippen LogP) is 2.72. The van der Waals surface area contributed by atoms with E-state index in [1.54, 1.807) is 6.20 Å². The predicted molar refractivity (Wildman–Crippen MR) is 68.5 cm³/mol. The van der Waals surface area contributed by atoms with Gasteiger partial charge >= 0.3 is 0 Å². The molecule has 88 valence electrons. The molecule has 1 aliphatic rings. The van der Waals surface area contributed by atoms with Crippen LogP contribution in [0, 0.1) is 0 Å². The molecular weight excluding hydrogens is 268 g/mol. The Morgan fingerprint density at radius 3 is 3.06 bits per heavy atom. The van der Waals surface area contributed by atoms with Crippen LogP contribution in [0.1, 0.15) is 31.7 Å². The van der Waals surface area contributed by atoms with Crippen molar-refractivity contribution in [2.75, 3.05) is 11.4 Å². The second kappa shape index (κ2) is 5.15. The van der Waals surface area contributed by atoms with Crippen LogP contribution in [-0.4, -0.2) is 22.7 Å². The summed E-state index contributed by atoms with van der Waals surface area (Å²) < 4.78 is 0.921. The third-order valence-corrected chi connectivity index (χ3v) is 3.59. The number of nitrogens with zero attached hydrogens (tertiary/aromatic N) is 2. The van der Waals surface area contributed by atoms with E-state index in [0.717, 1.165) is 22.4 Å². The minimum absolute atomic E-state index is 0.0466. The fourth-order valence-corrected chi connectivity index (χ4v) is 2.64. The first kappa shape index (κ1) is 11.9. The molecule has 0 aromatic carbocycles. The number of piperidine rings is 1. The van der Waals surface area contributed by atoms with Crippen LogP contribution in [0.3, 0.4) is 0 Å². The van der Waals surface area contributed by atoms with Gasteiger partial charge in [-0.15, -0.1) is 0 Å². The molecule has 0 aliphatic carbocycles. The van der Waals surface area contributed by atoms with E-state index < -0.39 is 0 Å². The van der Waals surface area contributed by atoms with Crippen LogP contribution >= 0.6 is 15.9 Å². The van der Waals surface area contributed by atoms with Crippen molar-refractivity contribution in [3.8, 4) is 0 Å². The Hall–Kier alpha value is -0.610. The highest BCUT2D eigenvalue weighted by Crippen LogP contribution is 2.27. The molecule has 0 spiro atoms. The summed E-state index contributed by atoms with van der Waals surface area (Å²) in [6.45, 7) is 3.32. The molecule has 0 bridgehead atoms. The number of anilines is 1. The number of halogens is 1. The van der Waals surface area contributed by atoms with E-state index in [9.17, 15) is 5.11 Å². The maximum atomic E-state index is 9.37. The molecule has 1 N–H and O–H groups in total. The van der Waals surface area contributed by atoms with Crippen LogP contribution in [0.5, 0.6) is 0 Å². The number of pyridine rings is 1. The second-order valence-corrected chi connectivity index (χ2v) is 5.25. The summed E-state index contributed by atoms with van der Waals surface area (Å²) >= 11 is 3.38. The molecule has 3 nitrogen and oxygen atoms in total. The summed E-state index contributed by atoms with van der Waals surface area (Å²) in [5, 5.41) is 9.37. The van der Waals surface area contributed by atoms with Gasteiger partial charge < -0.3 is 10.0 Å². The van der Waals surface area contributed by atoms with Crippen molar-refractivity contribution in [1.82, 2.24) is 4.98 Å². The van der Waals surface area contributed by atoms with Gasteiger partial charge in [-0.3, -0.25) is 0 Å². The average Bonchev–Trinajstić information content (AvgIpc) is 2.30. The van der Waals surface area contributed by atoms with E-state index in [1.165, 1.54) is 19.3 Å². The SMILES string of the molecule is CC1CCCCN1c1ncc(Br)cc1CO. The molecule has 1 aromatic rings. The molecule has 2 rings (SSSR count). The van der Waals surface area contributed by atoms with E-state index in [0.29, 0.717) is 6.04 Å². The molecule has 1 fully saturated rings. The van der Waals surface area contributed by atoms with Crippen molar-refractivity contribution in [2.24, 2.45) is 0 Å². The zero-order valence-corrected chi connectivity index (χ0v) is 11.1. The molecule has 2 heterocycles. The minimum atomic E-state index is 0.0466. The van der Waals surface area contributed by atoms with E-state index in [2.05, 4.69) is 32.7 Å². The lowest BCUT2D eigenvalue weighted by molar-refractivity contribution is 0.281. The third kappa shape index (κ3) is 2.38. The maximum absolute atomic E-state index is 9.37. The van der Waals surface area contributed by atoms with Crippen LogP contribution in [-0.2, 0) is 6.61 Å². The summed E-state index contributed by atoms with van der Waals surface area (Å²) in [7, 11) is 0. The Kier molecular flexibility index (Phi) is 3.82. The van der Waals surface area contributed by atoms with E-state index in [-0.39, 0.29) is 6.61 Å². The first-order chi connectivity index (χ1) is 7.72. The smallest absolute Gasteiger partial charge is 0.134 e.